The van der Waals surface area contributed by atoms with Gasteiger partial charge in [-0.25, -0.2) is 4.98 Å². The minimum atomic E-state index is -0.138. The fraction of sp³-hybridized carbons (Fsp3) is 0.214. The van der Waals surface area contributed by atoms with Gasteiger partial charge in [0.2, 0.25) is 0 Å². The molecule has 2 aromatic rings. The Balaban J connectivity index is 1.93. The number of rotatable bonds is 6. The molecule has 5 nitrogen and oxygen atoms in total. The second kappa shape index (κ2) is 7.14. The predicted molar refractivity (Wildman–Crippen MR) is 86.4 cm³/mol. The fourth-order valence-corrected chi connectivity index (χ4v) is 2.41. The van der Waals surface area contributed by atoms with Crippen LogP contribution in [-0.2, 0) is 11.3 Å². The summed E-state index contributed by atoms with van der Waals surface area (Å²) in [5.74, 6) is 0.376. The number of amides is 1. The van der Waals surface area contributed by atoms with Crippen molar-refractivity contribution in [3.63, 3.8) is 0 Å². The number of aromatic nitrogens is 1. The number of nitrogens with two attached hydrogens (primary N) is 1. The molecule has 0 saturated carbocycles. The van der Waals surface area contributed by atoms with E-state index in [-0.39, 0.29) is 17.5 Å². The number of ether oxygens (including phenoxy) is 1. The van der Waals surface area contributed by atoms with Gasteiger partial charge in [-0.2, -0.15) is 0 Å². The quantitative estimate of drug-likeness (QED) is 0.822. The predicted octanol–water partition coefficient (Wildman–Crippen LogP) is 1.81. The maximum absolute atomic E-state index is 12.0. The van der Waals surface area contributed by atoms with Gasteiger partial charge < -0.3 is 15.4 Å². The summed E-state index contributed by atoms with van der Waals surface area (Å²) in [4.78, 5) is 18.0. The van der Waals surface area contributed by atoms with Gasteiger partial charge in [0.05, 0.1) is 23.3 Å². The summed E-state index contributed by atoms with van der Waals surface area (Å²) in [7, 11) is 1.71. The number of thiocarbonyl (C=S) groups is 1. The molecule has 2 N–H and O–H groups in total. The number of carbonyl (C=O) groups excluding carboxylic acids is 1. The molecule has 0 unspecified atom stereocenters. The Bertz CT molecular complexity index is 629. The van der Waals surface area contributed by atoms with E-state index < -0.39 is 0 Å². The van der Waals surface area contributed by atoms with E-state index in [4.69, 9.17) is 22.7 Å². The summed E-state index contributed by atoms with van der Waals surface area (Å²) in [5.41, 5.74) is 8.85. The smallest absolute Gasteiger partial charge is 0.260 e. The van der Waals surface area contributed by atoms with E-state index in [1.165, 1.54) is 11.3 Å². The van der Waals surface area contributed by atoms with Gasteiger partial charge in [-0.3, -0.25) is 4.79 Å². The Morgan fingerprint density at radius 1 is 1.48 bits per heavy atom. The molecule has 0 atom stereocenters. The van der Waals surface area contributed by atoms with Crippen LogP contribution in [0.1, 0.15) is 11.3 Å². The van der Waals surface area contributed by atoms with Crippen LogP contribution in [0.25, 0.3) is 0 Å². The zero-order valence-corrected chi connectivity index (χ0v) is 13.1. The molecule has 0 aliphatic heterocycles. The SMILES string of the molecule is CN(Cc1cscn1)C(=O)COc1ccccc1C(N)=S. The lowest BCUT2D eigenvalue weighted by Gasteiger charge is -2.17. The minimum Gasteiger partial charge on any atom is -0.483 e. The molecule has 1 heterocycles. The second-order valence-electron chi connectivity index (χ2n) is 4.38. The Kier molecular flexibility index (Phi) is 5.24. The van der Waals surface area contributed by atoms with Crippen LogP contribution in [0.15, 0.2) is 35.2 Å². The maximum atomic E-state index is 12.0. The highest BCUT2D eigenvalue weighted by atomic mass is 32.1. The molecule has 1 amide bonds. The van der Waals surface area contributed by atoms with Crippen molar-refractivity contribution < 1.29 is 9.53 Å². The molecule has 0 spiro atoms. The average molecular weight is 321 g/mol. The van der Waals surface area contributed by atoms with E-state index in [9.17, 15) is 4.79 Å². The Morgan fingerprint density at radius 2 is 2.24 bits per heavy atom. The highest BCUT2D eigenvalue weighted by Crippen LogP contribution is 2.17. The van der Waals surface area contributed by atoms with Gasteiger partial charge in [0.25, 0.3) is 5.91 Å². The average Bonchev–Trinajstić information content (AvgIpc) is 2.97. The molecule has 0 bridgehead atoms. The largest absolute Gasteiger partial charge is 0.483 e. The minimum absolute atomic E-state index is 0.0692. The molecule has 21 heavy (non-hydrogen) atoms. The summed E-state index contributed by atoms with van der Waals surface area (Å²) in [5, 5.41) is 1.91. The number of hydrogen-bond acceptors (Lipinski definition) is 5. The zero-order valence-electron chi connectivity index (χ0n) is 11.5. The Hall–Kier alpha value is -1.99. The molecule has 1 aromatic carbocycles. The normalized spacial score (nSPS) is 10.1. The van der Waals surface area contributed by atoms with Crippen molar-refractivity contribution in [2.45, 2.75) is 6.54 Å². The number of nitrogens with zero attached hydrogens (tertiary/aromatic N) is 2. The highest BCUT2D eigenvalue weighted by molar-refractivity contribution is 7.80. The monoisotopic (exact) mass is 321 g/mol. The highest BCUT2D eigenvalue weighted by Gasteiger charge is 2.13. The van der Waals surface area contributed by atoms with Gasteiger partial charge in [-0.1, -0.05) is 24.4 Å². The Morgan fingerprint density at radius 3 is 2.90 bits per heavy atom. The first-order valence-electron chi connectivity index (χ1n) is 6.20. The maximum Gasteiger partial charge on any atom is 0.260 e. The lowest BCUT2D eigenvalue weighted by atomic mass is 10.2. The first kappa shape index (κ1) is 15.4. The molecule has 110 valence electrons. The first-order valence-corrected chi connectivity index (χ1v) is 7.55. The molecule has 0 aliphatic carbocycles. The number of carbonyl (C=O) groups is 1. The van der Waals surface area contributed by atoms with Gasteiger partial charge in [0.15, 0.2) is 6.61 Å². The third kappa shape index (κ3) is 4.24. The van der Waals surface area contributed by atoms with Crippen molar-refractivity contribution in [3.05, 3.63) is 46.4 Å². The molecule has 0 saturated heterocycles. The number of benzene rings is 1. The van der Waals surface area contributed by atoms with Crippen LogP contribution in [0.5, 0.6) is 5.75 Å². The van der Waals surface area contributed by atoms with Crippen molar-refractivity contribution >= 4 is 34.5 Å². The van der Waals surface area contributed by atoms with Crippen LogP contribution >= 0.6 is 23.6 Å². The summed E-state index contributed by atoms with van der Waals surface area (Å²) >= 11 is 6.45. The third-order valence-electron chi connectivity index (χ3n) is 2.81. The number of para-hydroxylation sites is 1. The van der Waals surface area contributed by atoms with Crippen molar-refractivity contribution in [3.8, 4) is 5.75 Å². The van der Waals surface area contributed by atoms with Gasteiger partial charge in [0, 0.05) is 12.4 Å². The third-order valence-corrected chi connectivity index (χ3v) is 3.67. The van der Waals surface area contributed by atoms with Crippen molar-refractivity contribution in [2.75, 3.05) is 13.7 Å². The molecular formula is C14H15N3O2S2. The zero-order chi connectivity index (χ0) is 15.2. The lowest BCUT2D eigenvalue weighted by Crippen LogP contribution is -2.31. The van der Waals surface area contributed by atoms with E-state index in [0.717, 1.165) is 5.69 Å². The van der Waals surface area contributed by atoms with Gasteiger partial charge in [-0.05, 0) is 12.1 Å². The molecule has 7 heteroatoms. The van der Waals surface area contributed by atoms with E-state index in [1.807, 2.05) is 11.4 Å². The van der Waals surface area contributed by atoms with Gasteiger partial charge in [0.1, 0.15) is 10.7 Å². The summed E-state index contributed by atoms with van der Waals surface area (Å²) < 4.78 is 5.52. The van der Waals surface area contributed by atoms with Crippen LogP contribution in [-0.4, -0.2) is 34.4 Å². The van der Waals surface area contributed by atoms with Crippen LogP contribution in [0.4, 0.5) is 0 Å². The standard InChI is InChI=1S/C14H15N3O2S2/c1-17(6-10-8-21-9-16-10)13(18)7-19-12-5-3-2-4-11(12)14(15)20/h2-5,8-9H,6-7H2,1H3,(H2,15,20). The number of hydrogen-bond donors (Lipinski definition) is 1. The number of thiazole rings is 1. The van der Waals surface area contributed by atoms with Crippen molar-refractivity contribution in [1.82, 2.24) is 9.88 Å². The summed E-state index contributed by atoms with van der Waals surface area (Å²) in [6, 6.07) is 7.13. The van der Waals surface area contributed by atoms with Crippen LogP contribution in [0, 0.1) is 0 Å². The van der Waals surface area contributed by atoms with Crippen LogP contribution < -0.4 is 10.5 Å². The molecule has 2 rings (SSSR count). The second-order valence-corrected chi connectivity index (χ2v) is 5.54. The summed E-state index contributed by atoms with van der Waals surface area (Å²) in [6.45, 7) is 0.392. The lowest BCUT2D eigenvalue weighted by molar-refractivity contribution is -0.132. The Labute approximate surface area is 132 Å². The van der Waals surface area contributed by atoms with E-state index >= 15 is 0 Å². The van der Waals surface area contributed by atoms with Crippen molar-refractivity contribution in [1.29, 1.82) is 0 Å². The fourth-order valence-electron chi connectivity index (χ4n) is 1.69. The number of likely N-dealkylation sites (N-methyl/N-ethyl adjacent to an activating group) is 1. The first-order chi connectivity index (χ1) is 10.1. The molecule has 0 radical (unpaired) electrons. The van der Waals surface area contributed by atoms with Crippen molar-refractivity contribution in [2.24, 2.45) is 5.73 Å². The van der Waals surface area contributed by atoms with Crippen LogP contribution in [0.3, 0.4) is 0 Å². The van der Waals surface area contributed by atoms with E-state index in [0.29, 0.717) is 17.9 Å². The summed E-state index contributed by atoms with van der Waals surface area (Å²) in [6.07, 6.45) is 0. The molecule has 1 aromatic heterocycles. The van der Waals surface area contributed by atoms with Gasteiger partial charge in [-0.15, -0.1) is 11.3 Å². The van der Waals surface area contributed by atoms with E-state index in [1.54, 1.807) is 35.7 Å². The van der Waals surface area contributed by atoms with Gasteiger partial charge >= 0.3 is 0 Å². The van der Waals surface area contributed by atoms with E-state index in [2.05, 4.69) is 4.98 Å². The molecule has 0 aliphatic rings. The van der Waals surface area contributed by atoms with Crippen LogP contribution in [0.2, 0.25) is 0 Å². The molecular weight excluding hydrogens is 306 g/mol. The topological polar surface area (TPSA) is 68.5 Å². The molecule has 0 fully saturated rings.